The number of aliphatic hydroxyl groups is 1. The van der Waals surface area contributed by atoms with E-state index >= 15 is 0 Å². The van der Waals surface area contributed by atoms with E-state index in [0.29, 0.717) is 17.4 Å². The minimum absolute atomic E-state index is 0.00840. The van der Waals surface area contributed by atoms with Crippen LogP contribution in [-0.4, -0.2) is 68.5 Å². The molecule has 3 unspecified atom stereocenters. The molecule has 2 N–H and O–H groups in total. The number of carbonyl (C=O) groups excluding carboxylic acids is 1. The molecule has 0 aromatic rings. The highest BCUT2D eigenvalue weighted by molar-refractivity contribution is 7.45. The Morgan fingerprint density at radius 3 is 1.27 bits per heavy atom. The first-order valence-corrected chi connectivity index (χ1v) is 29.0. The Kier molecular flexibility index (Phi) is 48.1. The lowest BCUT2D eigenvalue weighted by Gasteiger charge is -2.29. The van der Waals surface area contributed by atoms with Crippen molar-refractivity contribution in [2.24, 2.45) is 0 Å². The molecule has 0 saturated carbocycles. The number of unbranched alkanes of at least 4 members (excludes halogenated alkanes) is 15. The molecule has 0 radical (unpaired) electrons. The zero-order valence-electron chi connectivity index (χ0n) is 45.2. The molecule has 0 aromatic heterocycles. The van der Waals surface area contributed by atoms with Gasteiger partial charge in [0.05, 0.1) is 39.9 Å². The molecule has 9 heteroatoms. The van der Waals surface area contributed by atoms with Crippen molar-refractivity contribution in [1.82, 2.24) is 5.32 Å². The van der Waals surface area contributed by atoms with E-state index in [1.807, 2.05) is 27.2 Å². The van der Waals surface area contributed by atoms with Gasteiger partial charge in [0.25, 0.3) is 7.82 Å². The maximum Gasteiger partial charge on any atom is 0.268 e. The number of allylic oxidation sites excluding steroid dienone is 21. The third-order valence-electron chi connectivity index (χ3n) is 11.4. The van der Waals surface area contributed by atoms with Crippen LogP contribution < -0.4 is 10.2 Å². The second-order valence-corrected chi connectivity index (χ2v) is 20.6. The Hall–Kier alpha value is -3.36. The van der Waals surface area contributed by atoms with Crippen molar-refractivity contribution in [2.75, 3.05) is 40.9 Å². The normalized spacial score (nSPS) is 15.0. The molecule has 8 nitrogen and oxygen atoms in total. The average Bonchev–Trinajstić information content (AvgIpc) is 3.32. The Bertz CT molecular complexity index is 1590. The van der Waals surface area contributed by atoms with E-state index in [1.165, 1.54) is 64.2 Å². The van der Waals surface area contributed by atoms with Crippen molar-refractivity contribution in [3.8, 4) is 0 Å². The van der Waals surface area contributed by atoms with Crippen LogP contribution in [0.1, 0.15) is 194 Å². The molecular weight excluding hydrogens is 888 g/mol. The van der Waals surface area contributed by atoms with E-state index in [4.69, 9.17) is 9.05 Å². The third-order valence-corrected chi connectivity index (χ3v) is 12.3. The van der Waals surface area contributed by atoms with Crippen LogP contribution in [0.25, 0.3) is 0 Å². The highest BCUT2D eigenvalue weighted by Crippen LogP contribution is 2.38. The first kappa shape index (κ1) is 66.6. The summed E-state index contributed by atoms with van der Waals surface area (Å²) in [5, 5.41) is 13.7. The van der Waals surface area contributed by atoms with E-state index in [0.717, 1.165) is 109 Å². The van der Waals surface area contributed by atoms with E-state index < -0.39 is 20.0 Å². The number of phosphoric acid groups is 1. The second kappa shape index (κ2) is 50.6. The third kappa shape index (κ3) is 52.5. The molecule has 1 amide bonds. The van der Waals surface area contributed by atoms with Crippen molar-refractivity contribution < 1.29 is 32.9 Å². The van der Waals surface area contributed by atoms with Gasteiger partial charge >= 0.3 is 0 Å². The first-order chi connectivity index (χ1) is 34.0. The van der Waals surface area contributed by atoms with E-state index in [-0.39, 0.29) is 19.1 Å². The van der Waals surface area contributed by atoms with Gasteiger partial charge in [-0.05, 0) is 96.3 Å². The monoisotopic (exact) mass is 991 g/mol. The van der Waals surface area contributed by atoms with Gasteiger partial charge in [-0.1, -0.05) is 225 Å². The number of nitrogens with zero attached hydrogens (tertiary/aromatic N) is 1. The van der Waals surface area contributed by atoms with Crippen LogP contribution in [0.3, 0.4) is 0 Å². The largest absolute Gasteiger partial charge is 0.756 e. The van der Waals surface area contributed by atoms with Gasteiger partial charge in [0.1, 0.15) is 13.2 Å². The van der Waals surface area contributed by atoms with Crippen LogP contribution in [0, 0.1) is 0 Å². The van der Waals surface area contributed by atoms with Crippen LogP contribution >= 0.6 is 7.82 Å². The van der Waals surface area contributed by atoms with Crippen LogP contribution in [0.5, 0.6) is 0 Å². The number of rotatable bonds is 48. The molecule has 0 aliphatic rings. The molecule has 0 bridgehead atoms. The lowest BCUT2D eigenvalue weighted by atomic mass is 10.0. The van der Waals surface area contributed by atoms with E-state index in [1.54, 1.807) is 6.08 Å². The second-order valence-electron chi connectivity index (χ2n) is 19.2. The topological polar surface area (TPSA) is 108 Å². The summed E-state index contributed by atoms with van der Waals surface area (Å²) in [6.45, 7) is 4.44. The molecule has 0 aromatic carbocycles. The number of likely N-dealkylation sites (N-methyl/N-ethyl adjacent to an activating group) is 1. The number of nitrogens with one attached hydrogen (secondary N) is 1. The Morgan fingerprint density at radius 1 is 0.514 bits per heavy atom. The van der Waals surface area contributed by atoms with E-state index in [2.05, 4.69) is 141 Å². The van der Waals surface area contributed by atoms with Gasteiger partial charge in [-0.2, -0.15) is 0 Å². The Morgan fingerprint density at radius 2 is 0.871 bits per heavy atom. The lowest BCUT2D eigenvalue weighted by Crippen LogP contribution is -2.45. The van der Waals surface area contributed by atoms with Crippen LogP contribution in [-0.2, 0) is 18.4 Å². The molecule has 3 atom stereocenters. The van der Waals surface area contributed by atoms with Gasteiger partial charge in [0, 0.05) is 6.42 Å². The summed E-state index contributed by atoms with van der Waals surface area (Å²) in [5.74, 6) is -0.213. The SMILES string of the molecule is CC/C=C\C/C=C\C/C=C\C/C=C\C/C=C\C/C=C\C/C=C\C/C=C\C/C=C\C/C=C\CCCCCCCCCCCCC(=O)NC(COP(=O)([O-])OCC[N+](C)(C)C)C(O)/C=C/CCCCCCC. The summed E-state index contributed by atoms with van der Waals surface area (Å²) in [5.41, 5.74) is 0. The fourth-order valence-corrected chi connectivity index (χ4v) is 7.78. The van der Waals surface area contributed by atoms with Gasteiger partial charge in [-0.25, -0.2) is 0 Å². The van der Waals surface area contributed by atoms with Gasteiger partial charge < -0.3 is 28.8 Å². The molecule has 0 saturated heterocycles. The highest BCUT2D eigenvalue weighted by atomic mass is 31.2. The molecule has 398 valence electrons. The zero-order chi connectivity index (χ0) is 51.3. The minimum atomic E-state index is -4.59. The van der Waals surface area contributed by atoms with E-state index in [9.17, 15) is 19.4 Å². The molecule has 70 heavy (non-hydrogen) atoms. The van der Waals surface area contributed by atoms with Gasteiger partial charge in [0.2, 0.25) is 5.91 Å². The van der Waals surface area contributed by atoms with Crippen molar-refractivity contribution >= 4 is 13.7 Å². The minimum Gasteiger partial charge on any atom is -0.756 e. The number of aliphatic hydroxyl groups excluding tert-OH is 1. The summed E-state index contributed by atoms with van der Waals surface area (Å²) in [4.78, 5) is 25.3. The van der Waals surface area contributed by atoms with Crippen LogP contribution in [0.4, 0.5) is 0 Å². The first-order valence-electron chi connectivity index (χ1n) is 27.5. The van der Waals surface area contributed by atoms with Gasteiger partial charge in [-0.15, -0.1) is 0 Å². The maximum absolute atomic E-state index is 12.8. The number of amides is 1. The molecule has 0 heterocycles. The van der Waals surface area contributed by atoms with Gasteiger partial charge in [-0.3, -0.25) is 9.36 Å². The average molecular weight is 991 g/mol. The molecule has 0 spiro atoms. The standard InChI is InChI=1S/C61H103N2O6P/c1-6-8-10-12-14-15-16-17-18-19-20-21-22-23-24-25-26-27-28-29-30-31-32-33-34-35-36-37-38-39-40-41-42-43-44-45-46-47-49-51-53-55-61(65)62-59(60(64)54-52-50-48-13-11-9-7-2)58-69-70(66,67)68-57-56-63(3,4)5/h8,10,14-15,17-18,20-21,23-24,26-27,29-30,32-33,35-36,38-39,52,54,59-60,64H,6-7,9,11-13,16,19,22,25,28,31,34,37,40-51,53,55-58H2,1-5H3,(H-,62,65,66,67)/b10-8-,15-14-,18-17-,21-20-,24-23-,27-26-,30-29-,33-32-,36-35-,39-38-,54-52+. The summed E-state index contributed by atoms with van der Waals surface area (Å²) < 4.78 is 23.1. The van der Waals surface area contributed by atoms with Crippen molar-refractivity contribution in [3.63, 3.8) is 0 Å². The molecule has 0 aliphatic carbocycles. The smallest absolute Gasteiger partial charge is 0.268 e. The highest BCUT2D eigenvalue weighted by Gasteiger charge is 2.23. The number of quaternary nitrogens is 1. The summed E-state index contributed by atoms with van der Waals surface area (Å²) in [7, 11) is 1.24. The molecular formula is C61H103N2O6P. The lowest BCUT2D eigenvalue weighted by molar-refractivity contribution is -0.870. The Balaban J connectivity index is 3.97. The predicted octanol–water partition coefficient (Wildman–Crippen LogP) is 16.1. The quantitative estimate of drug-likeness (QED) is 0.0272. The molecule has 0 rings (SSSR count). The predicted molar refractivity (Wildman–Crippen MR) is 302 cm³/mol. The van der Waals surface area contributed by atoms with Crippen LogP contribution in [0.2, 0.25) is 0 Å². The van der Waals surface area contributed by atoms with Crippen LogP contribution in [0.15, 0.2) is 134 Å². The summed E-state index contributed by atoms with van der Waals surface area (Å²) >= 11 is 0. The number of hydrogen-bond acceptors (Lipinski definition) is 6. The van der Waals surface area contributed by atoms with Crippen molar-refractivity contribution in [3.05, 3.63) is 134 Å². The summed E-state index contributed by atoms with van der Waals surface area (Å²) in [6.07, 6.45) is 77.0. The number of phosphoric ester groups is 1. The van der Waals surface area contributed by atoms with Crippen molar-refractivity contribution in [2.45, 2.75) is 206 Å². The molecule has 0 fully saturated rings. The van der Waals surface area contributed by atoms with Gasteiger partial charge in [0.15, 0.2) is 0 Å². The fraction of sp³-hybridized carbons (Fsp3) is 0.623. The summed E-state index contributed by atoms with van der Waals surface area (Å²) in [6, 6.07) is -0.894. The maximum atomic E-state index is 12.8. The number of carbonyl (C=O) groups is 1. The molecule has 0 aliphatic heterocycles. The zero-order valence-corrected chi connectivity index (χ0v) is 46.1. The van der Waals surface area contributed by atoms with Crippen molar-refractivity contribution in [1.29, 1.82) is 0 Å². The fourth-order valence-electron chi connectivity index (χ4n) is 7.06. The Labute approximate surface area is 430 Å². The number of hydrogen-bond donors (Lipinski definition) is 2.